The summed E-state index contributed by atoms with van der Waals surface area (Å²) in [7, 11) is 1.60. The summed E-state index contributed by atoms with van der Waals surface area (Å²) in [4.78, 5) is 6.55. The highest BCUT2D eigenvalue weighted by atomic mass is 16.5. The Hall–Kier alpha value is -2.78. The number of methoxy groups -OCH3 is 1. The van der Waals surface area contributed by atoms with Crippen molar-refractivity contribution in [3.8, 4) is 11.8 Å². The van der Waals surface area contributed by atoms with Crippen LogP contribution in [0.2, 0.25) is 0 Å². The van der Waals surface area contributed by atoms with Crippen LogP contribution >= 0.6 is 0 Å². The van der Waals surface area contributed by atoms with Crippen molar-refractivity contribution in [2.24, 2.45) is 0 Å². The molecule has 2 N–H and O–H groups in total. The number of nitrogens with zero attached hydrogens (tertiary/aromatic N) is 3. The second kappa shape index (κ2) is 8.18. The first-order chi connectivity index (χ1) is 11.6. The molecule has 24 heavy (non-hydrogen) atoms. The summed E-state index contributed by atoms with van der Waals surface area (Å²) in [5, 5.41) is 21.9. The van der Waals surface area contributed by atoms with Crippen LogP contribution in [-0.2, 0) is 0 Å². The number of ether oxygens (including phenoxy) is 1. The minimum absolute atomic E-state index is 0.0455. The van der Waals surface area contributed by atoms with E-state index in [2.05, 4.69) is 16.4 Å². The summed E-state index contributed by atoms with van der Waals surface area (Å²) < 4.78 is 5.34. The summed E-state index contributed by atoms with van der Waals surface area (Å²) in [5.74, 6) is 1.88. The van der Waals surface area contributed by atoms with Gasteiger partial charge in [-0.25, -0.2) is 4.98 Å². The maximum Gasteiger partial charge on any atom is 0.151 e. The number of pyridine rings is 1. The van der Waals surface area contributed by atoms with Gasteiger partial charge in [-0.15, -0.1) is 0 Å². The molecule has 0 radical (unpaired) electrons. The quantitative estimate of drug-likeness (QED) is 0.814. The van der Waals surface area contributed by atoms with Gasteiger partial charge in [0.2, 0.25) is 0 Å². The molecule has 0 aliphatic rings. The molecule has 0 amide bonds. The first kappa shape index (κ1) is 17.6. The molecule has 6 heteroatoms. The number of aryl methyl sites for hydroxylation is 1. The molecular weight excluding hydrogens is 304 g/mol. The lowest BCUT2D eigenvalue weighted by molar-refractivity contribution is 0.302. The molecular formula is C18H22N4O2. The highest BCUT2D eigenvalue weighted by molar-refractivity contribution is 5.71. The number of rotatable bonds is 7. The van der Waals surface area contributed by atoms with E-state index >= 15 is 0 Å². The SMILES string of the molecule is CCN(CCO)c1cc(C)c(C#N)c(Nc2ccccc2OC)n1. The second-order valence-electron chi connectivity index (χ2n) is 5.26. The van der Waals surface area contributed by atoms with E-state index in [-0.39, 0.29) is 6.61 Å². The van der Waals surface area contributed by atoms with Gasteiger partial charge in [-0.05, 0) is 37.6 Å². The first-order valence-electron chi connectivity index (χ1n) is 7.82. The van der Waals surface area contributed by atoms with E-state index in [1.807, 2.05) is 49.1 Å². The number of aliphatic hydroxyl groups is 1. The van der Waals surface area contributed by atoms with Gasteiger partial charge < -0.3 is 20.1 Å². The number of aliphatic hydroxyl groups excluding tert-OH is 1. The van der Waals surface area contributed by atoms with E-state index in [9.17, 15) is 10.4 Å². The fourth-order valence-electron chi connectivity index (χ4n) is 2.48. The zero-order chi connectivity index (χ0) is 17.5. The summed E-state index contributed by atoms with van der Waals surface area (Å²) in [6.45, 7) is 5.13. The predicted octanol–water partition coefficient (Wildman–Crippen LogP) is 2.83. The van der Waals surface area contributed by atoms with Gasteiger partial charge in [-0.1, -0.05) is 12.1 Å². The molecule has 6 nitrogen and oxygen atoms in total. The van der Waals surface area contributed by atoms with Crippen LogP contribution in [0.3, 0.4) is 0 Å². The maximum absolute atomic E-state index is 9.48. The molecule has 1 aromatic carbocycles. The monoisotopic (exact) mass is 326 g/mol. The van der Waals surface area contributed by atoms with Crippen LogP contribution in [0.5, 0.6) is 5.75 Å². The molecule has 1 aromatic heterocycles. The van der Waals surface area contributed by atoms with E-state index in [1.165, 1.54) is 0 Å². The number of aromatic nitrogens is 1. The van der Waals surface area contributed by atoms with Crippen molar-refractivity contribution in [1.82, 2.24) is 4.98 Å². The smallest absolute Gasteiger partial charge is 0.151 e. The Balaban J connectivity index is 2.47. The van der Waals surface area contributed by atoms with Crippen molar-refractivity contribution in [2.75, 3.05) is 37.0 Å². The molecule has 126 valence electrons. The molecule has 0 aliphatic heterocycles. The maximum atomic E-state index is 9.48. The molecule has 0 bridgehead atoms. The van der Waals surface area contributed by atoms with Crippen LogP contribution in [0.25, 0.3) is 0 Å². The van der Waals surface area contributed by atoms with Crippen LogP contribution < -0.4 is 15.0 Å². The number of hydrogen-bond donors (Lipinski definition) is 2. The second-order valence-corrected chi connectivity index (χ2v) is 5.26. The van der Waals surface area contributed by atoms with E-state index < -0.39 is 0 Å². The van der Waals surface area contributed by atoms with Crippen LogP contribution in [0.4, 0.5) is 17.3 Å². The van der Waals surface area contributed by atoms with E-state index in [1.54, 1.807) is 7.11 Å². The normalized spacial score (nSPS) is 10.1. The third-order valence-electron chi connectivity index (χ3n) is 3.75. The molecule has 0 saturated carbocycles. The number of benzene rings is 1. The average Bonchev–Trinajstić information content (AvgIpc) is 2.60. The molecule has 1 heterocycles. The Morgan fingerprint density at radius 1 is 1.38 bits per heavy atom. The molecule has 0 spiro atoms. The van der Waals surface area contributed by atoms with Crippen molar-refractivity contribution in [1.29, 1.82) is 5.26 Å². The molecule has 0 unspecified atom stereocenters. The van der Waals surface area contributed by atoms with Crippen LogP contribution in [-0.4, -0.2) is 36.9 Å². The highest BCUT2D eigenvalue weighted by Gasteiger charge is 2.15. The fraction of sp³-hybridized carbons (Fsp3) is 0.333. The lowest BCUT2D eigenvalue weighted by Crippen LogP contribution is -2.27. The number of hydrogen-bond acceptors (Lipinski definition) is 6. The number of likely N-dealkylation sites (N-methyl/N-ethyl adjacent to an activating group) is 1. The molecule has 2 rings (SSSR count). The van der Waals surface area contributed by atoms with Gasteiger partial charge in [0.25, 0.3) is 0 Å². The van der Waals surface area contributed by atoms with Crippen molar-refractivity contribution in [3.63, 3.8) is 0 Å². The van der Waals surface area contributed by atoms with Crippen LogP contribution in [0.15, 0.2) is 30.3 Å². The minimum atomic E-state index is 0.0455. The molecule has 0 fully saturated rings. The molecule has 0 saturated heterocycles. The topological polar surface area (TPSA) is 81.4 Å². The average molecular weight is 326 g/mol. The third kappa shape index (κ3) is 3.76. The Morgan fingerprint density at radius 2 is 2.12 bits per heavy atom. The van der Waals surface area contributed by atoms with Crippen molar-refractivity contribution in [2.45, 2.75) is 13.8 Å². The largest absolute Gasteiger partial charge is 0.495 e. The summed E-state index contributed by atoms with van der Waals surface area (Å²) in [6, 6.07) is 11.5. The molecule has 2 aromatic rings. The summed E-state index contributed by atoms with van der Waals surface area (Å²) >= 11 is 0. The van der Waals surface area contributed by atoms with Gasteiger partial charge in [0.15, 0.2) is 5.82 Å². The lowest BCUT2D eigenvalue weighted by Gasteiger charge is -2.23. The molecule has 0 atom stereocenters. The number of nitriles is 1. The third-order valence-corrected chi connectivity index (χ3v) is 3.75. The van der Waals surface area contributed by atoms with E-state index in [0.29, 0.717) is 30.2 Å². The Bertz CT molecular complexity index is 740. The predicted molar refractivity (Wildman–Crippen MR) is 94.9 cm³/mol. The number of anilines is 3. The number of nitrogens with one attached hydrogen (secondary N) is 1. The summed E-state index contributed by atoms with van der Waals surface area (Å²) in [5.41, 5.74) is 2.06. The number of para-hydroxylation sites is 2. The van der Waals surface area contributed by atoms with E-state index in [4.69, 9.17) is 4.74 Å². The lowest BCUT2D eigenvalue weighted by atomic mass is 10.1. The van der Waals surface area contributed by atoms with Crippen molar-refractivity contribution < 1.29 is 9.84 Å². The fourth-order valence-corrected chi connectivity index (χ4v) is 2.48. The zero-order valence-corrected chi connectivity index (χ0v) is 14.2. The van der Waals surface area contributed by atoms with Crippen molar-refractivity contribution >= 4 is 17.3 Å². The Kier molecular flexibility index (Phi) is 5.99. The van der Waals surface area contributed by atoms with Crippen LogP contribution in [0, 0.1) is 18.3 Å². The van der Waals surface area contributed by atoms with Crippen LogP contribution in [0.1, 0.15) is 18.1 Å². The minimum Gasteiger partial charge on any atom is -0.495 e. The van der Waals surface area contributed by atoms with Gasteiger partial charge in [0.05, 0.1) is 25.0 Å². The summed E-state index contributed by atoms with van der Waals surface area (Å²) in [6.07, 6.45) is 0. The Labute approximate surface area is 142 Å². The zero-order valence-electron chi connectivity index (χ0n) is 14.2. The molecule has 0 aliphatic carbocycles. The van der Waals surface area contributed by atoms with Crippen molar-refractivity contribution in [3.05, 3.63) is 41.5 Å². The first-order valence-corrected chi connectivity index (χ1v) is 7.82. The highest BCUT2D eigenvalue weighted by Crippen LogP contribution is 2.30. The van der Waals surface area contributed by atoms with E-state index in [0.717, 1.165) is 17.1 Å². The van der Waals surface area contributed by atoms with Gasteiger partial charge in [-0.3, -0.25) is 0 Å². The Morgan fingerprint density at radius 3 is 2.75 bits per heavy atom. The van der Waals surface area contributed by atoms with Gasteiger partial charge in [0, 0.05) is 13.1 Å². The van der Waals surface area contributed by atoms with Gasteiger partial charge >= 0.3 is 0 Å². The standard InChI is InChI=1S/C18H22N4O2/c1-4-22(9-10-23)17-11-13(2)14(12-19)18(21-17)20-15-7-5-6-8-16(15)24-3/h5-8,11,23H,4,9-10H2,1-3H3,(H,20,21). The van der Waals surface area contributed by atoms with Gasteiger partial charge in [-0.2, -0.15) is 5.26 Å². The van der Waals surface area contributed by atoms with Gasteiger partial charge in [0.1, 0.15) is 17.6 Å².